The van der Waals surface area contributed by atoms with Gasteiger partial charge in [-0.05, 0) is 59.2 Å². The van der Waals surface area contributed by atoms with Gasteiger partial charge in [-0.3, -0.25) is 4.79 Å². The standard InChI is InChI=1S/C14H15BrFNO/c15-11-3-1-2-10(13(11)16)14(18)17-12-7-8-4-5-9(12)6-8/h1-3,8-9,12H,4-7H2,(H,17,18). The van der Waals surface area contributed by atoms with Crippen LogP contribution in [0.5, 0.6) is 0 Å². The van der Waals surface area contributed by atoms with Gasteiger partial charge in [0, 0.05) is 6.04 Å². The number of hydrogen-bond acceptors (Lipinski definition) is 1. The van der Waals surface area contributed by atoms with Crippen molar-refractivity contribution in [3.8, 4) is 0 Å². The minimum absolute atomic E-state index is 0.132. The Morgan fingerprint density at radius 2 is 2.17 bits per heavy atom. The Kier molecular flexibility index (Phi) is 3.14. The van der Waals surface area contributed by atoms with Crippen LogP contribution in [0.3, 0.4) is 0 Å². The first-order chi connectivity index (χ1) is 8.65. The Hall–Kier alpha value is -0.900. The molecular formula is C14H15BrFNO. The Labute approximate surface area is 114 Å². The Morgan fingerprint density at radius 3 is 2.83 bits per heavy atom. The number of halogens is 2. The molecule has 0 spiro atoms. The average Bonchev–Trinajstić information content (AvgIpc) is 2.94. The lowest BCUT2D eigenvalue weighted by atomic mass is 9.95. The van der Waals surface area contributed by atoms with E-state index < -0.39 is 5.82 Å². The lowest BCUT2D eigenvalue weighted by molar-refractivity contribution is 0.0918. The largest absolute Gasteiger partial charge is 0.349 e. The van der Waals surface area contributed by atoms with Gasteiger partial charge in [0.1, 0.15) is 5.82 Å². The highest BCUT2D eigenvalue weighted by molar-refractivity contribution is 9.10. The van der Waals surface area contributed by atoms with Crippen LogP contribution >= 0.6 is 15.9 Å². The smallest absolute Gasteiger partial charge is 0.254 e. The number of carbonyl (C=O) groups excluding carboxylic acids is 1. The van der Waals surface area contributed by atoms with Crippen molar-refractivity contribution < 1.29 is 9.18 Å². The molecule has 2 bridgehead atoms. The maximum absolute atomic E-state index is 13.8. The fourth-order valence-electron chi connectivity index (χ4n) is 3.35. The first-order valence-electron chi connectivity index (χ1n) is 6.40. The van der Waals surface area contributed by atoms with Gasteiger partial charge < -0.3 is 5.32 Å². The normalized spacial score (nSPS) is 29.6. The molecule has 0 heterocycles. The summed E-state index contributed by atoms with van der Waals surface area (Å²) in [6.07, 6.45) is 4.79. The van der Waals surface area contributed by atoms with Gasteiger partial charge in [-0.25, -0.2) is 4.39 Å². The molecule has 0 saturated heterocycles. The summed E-state index contributed by atoms with van der Waals surface area (Å²) in [5, 5.41) is 2.99. The van der Waals surface area contributed by atoms with Crippen LogP contribution in [0.4, 0.5) is 4.39 Å². The van der Waals surface area contributed by atoms with Crippen molar-refractivity contribution >= 4 is 21.8 Å². The third-order valence-electron chi connectivity index (χ3n) is 4.25. The molecule has 96 valence electrons. The van der Waals surface area contributed by atoms with Gasteiger partial charge >= 0.3 is 0 Å². The van der Waals surface area contributed by atoms with Crippen molar-refractivity contribution in [2.24, 2.45) is 11.8 Å². The molecule has 2 aliphatic carbocycles. The van der Waals surface area contributed by atoms with Gasteiger partial charge in [-0.15, -0.1) is 0 Å². The zero-order chi connectivity index (χ0) is 12.7. The molecule has 0 radical (unpaired) electrons. The highest BCUT2D eigenvalue weighted by atomic mass is 79.9. The van der Waals surface area contributed by atoms with Gasteiger partial charge in [0.25, 0.3) is 5.91 Å². The summed E-state index contributed by atoms with van der Waals surface area (Å²) < 4.78 is 14.1. The monoisotopic (exact) mass is 311 g/mol. The summed E-state index contributed by atoms with van der Waals surface area (Å²) in [4.78, 5) is 12.1. The van der Waals surface area contributed by atoms with E-state index in [0.29, 0.717) is 10.4 Å². The van der Waals surface area contributed by atoms with Crippen molar-refractivity contribution in [3.63, 3.8) is 0 Å². The Balaban J connectivity index is 1.73. The molecule has 1 aromatic rings. The van der Waals surface area contributed by atoms with Crippen molar-refractivity contribution in [2.75, 3.05) is 0 Å². The summed E-state index contributed by atoms with van der Waals surface area (Å²) in [5.41, 5.74) is 0.132. The Bertz CT molecular complexity index is 491. The molecule has 2 fully saturated rings. The second-order valence-electron chi connectivity index (χ2n) is 5.36. The lowest BCUT2D eigenvalue weighted by Crippen LogP contribution is -2.38. The van der Waals surface area contributed by atoms with E-state index in [1.807, 2.05) is 0 Å². The maximum atomic E-state index is 13.8. The van der Waals surface area contributed by atoms with Crippen LogP contribution in [0.1, 0.15) is 36.0 Å². The molecule has 2 nitrogen and oxygen atoms in total. The van der Waals surface area contributed by atoms with E-state index in [-0.39, 0.29) is 17.5 Å². The quantitative estimate of drug-likeness (QED) is 0.889. The van der Waals surface area contributed by atoms with Gasteiger partial charge in [-0.1, -0.05) is 12.5 Å². The zero-order valence-electron chi connectivity index (χ0n) is 9.96. The van der Waals surface area contributed by atoms with E-state index in [2.05, 4.69) is 21.2 Å². The second-order valence-corrected chi connectivity index (χ2v) is 6.21. The second kappa shape index (κ2) is 4.65. The minimum atomic E-state index is -0.474. The number of rotatable bonds is 2. The number of hydrogen-bond donors (Lipinski definition) is 1. The third kappa shape index (κ3) is 2.07. The summed E-state index contributed by atoms with van der Waals surface area (Å²) in [7, 11) is 0. The number of carbonyl (C=O) groups is 1. The van der Waals surface area contributed by atoms with Crippen LogP contribution in [-0.2, 0) is 0 Å². The van der Waals surface area contributed by atoms with Crippen LogP contribution in [0.2, 0.25) is 0 Å². The number of amides is 1. The first kappa shape index (κ1) is 12.2. The van der Waals surface area contributed by atoms with Gasteiger partial charge in [0.2, 0.25) is 0 Å². The van der Waals surface area contributed by atoms with Crippen molar-refractivity contribution in [1.29, 1.82) is 0 Å². The predicted octanol–water partition coefficient (Wildman–Crippen LogP) is 3.51. The summed E-state index contributed by atoms with van der Waals surface area (Å²) >= 11 is 3.10. The fourth-order valence-corrected chi connectivity index (χ4v) is 3.71. The molecule has 4 heteroatoms. The van der Waals surface area contributed by atoms with Crippen LogP contribution < -0.4 is 5.32 Å². The SMILES string of the molecule is O=C(NC1CC2CCC1C2)c1cccc(Br)c1F. The zero-order valence-corrected chi connectivity index (χ0v) is 11.5. The number of nitrogens with one attached hydrogen (secondary N) is 1. The summed E-state index contributed by atoms with van der Waals surface area (Å²) in [5.74, 6) is 0.617. The molecule has 3 unspecified atom stereocenters. The highest BCUT2D eigenvalue weighted by Crippen LogP contribution is 2.44. The van der Waals surface area contributed by atoms with Crippen molar-refractivity contribution in [1.82, 2.24) is 5.32 Å². The molecular weight excluding hydrogens is 297 g/mol. The van der Waals surface area contributed by atoms with Crippen LogP contribution in [0.25, 0.3) is 0 Å². The molecule has 3 atom stereocenters. The Morgan fingerprint density at radius 1 is 1.33 bits per heavy atom. The maximum Gasteiger partial charge on any atom is 0.254 e. The van der Waals surface area contributed by atoms with Crippen LogP contribution in [-0.4, -0.2) is 11.9 Å². The minimum Gasteiger partial charge on any atom is -0.349 e. The van der Waals surface area contributed by atoms with E-state index in [4.69, 9.17) is 0 Å². The van der Waals surface area contributed by atoms with Gasteiger partial charge in [-0.2, -0.15) is 0 Å². The van der Waals surface area contributed by atoms with E-state index in [9.17, 15) is 9.18 Å². The van der Waals surface area contributed by atoms with E-state index >= 15 is 0 Å². The van der Waals surface area contributed by atoms with Gasteiger partial charge in [0.05, 0.1) is 10.0 Å². The molecule has 1 N–H and O–H groups in total. The fraction of sp³-hybridized carbons (Fsp3) is 0.500. The van der Waals surface area contributed by atoms with E-state index in [1.165, 1.54) is 25.3 Å². The number of fused-ring (bicyclic) bond motifs is 2. The molecule has 18 heavy (non-hydrogen) atoms. The predicted molar refractivity (Wildman–Crippen MR) is 70.8 cm³/mol. The number of benzene rings is 1. The molecule has 2 aliphatic rings. The van der Waals surface area contributed by atoms with Crippen LogP contribution in [0, 0.1) is 17.7 Å². The topological polar surface area (TPSA) is 29.1 Å². The van der Waals surface area contributed by atoms with Gasteiger partial charge in [0.15, 0.2) is 0 Å². The molecule has 0 aliphatic heterocycles. The molecule has 3 rings (SSSR count). The average molecular weight is 312 g/mol. The molecule has 2 saturated carbocycles. The van der Waals surface area contributed by atoms with E-state index in [1.54, 1.807) is 12.1 Å². The van der Waals surface area contributed by atoms with Crippen molar-refractivity contribution in [2.45, 2.75) is 31.7 Å². The van der Waals surface area contributed by atoms with Crippen LogP contribution in [0.15, 0.2) is 22.7 Å². The lowest BCUT2D eigenvalue weighted by Gasteiger charge is -2.23. The summed E-state index contributed by atoms with van der Waals surface area (Å²) in [6, 6.07) is 5.06. The summed E-state index contributed by atoms with van der Waals surface area (Å²) in [6.45, 7) is 0. The molecule has 0 aromatic heterocycles. The van der Waals surface area contributed by atoms with E-state index in [0.717, 1.165) is 12.3 Å². The van der Waals surface area contributed by atoms with Crippen molar-refractivity contribution in [3.05, 3.63) is 34.1 Å². The highest BCUT2D eigenvalue weighted by Gasteiger charge is 2.40. The first-order valence-corrected chi connectivity index (χ1v) is 7.19. The third-order valence-corrected chi connectivity index (χ3v) is 4.86. The molecule has 1 aromatic carbocycles. The molecule has 1 amide bonds.